The Balaban J connectivity index is 1.98. The quantitative estimate of drug-likeness (QED) is 0.748. The molecule has 2 amide bonds. The van der Waals surface area contributed by atoms with Crippen LogP contribution in [0.4, 0.5) is 4.79 Å². The number of amides is 2. The standard InChI is InChI=1S/C11H14N2O2/c14-6-5-12-11(15)13-7-9-3-1-2-4-10(9)8-13/h1-4,14H,5-8H2,(H,12,15). The number of carbonyl (C=O) groups is 1. The molecule has 2 rings (SSSR count). The highest BCUT2D eigenvalue weighted by atomic mass is 16.3. The summed E-state index contributed by atoms with van der Waals surface area (Å²) in [7, 11) is 0. The average Bonchev–Trinajstić information content (AvgIpc) is 2.69. The Morgan fingerprint density at radius 3 is 2.47 bits per heavy atom. The average molecular weight is 206 g/mol. The molecule has 0 atom stereocenters. The molecule has 0 aliphatic carbocycles. The third-order valence-corrected chi connectivity index (χ3v) is 2.52. The van der Waals surface area contributed by atoms with E-state index in [-0.39, 0.29) is 12.6 Å². The smallest absolute Gasteiger partial charge is 0.318 e. The summed E-state index contributed by atoms with van der Waals surface area (Å²) in [5.74, 6) is 0. The maximum Gasteiger partial charge on any atom is 0.318 e. The van der Waals surface area contributed by atoms with Gasteiger partial charge in [0.2, 0.25) is 0 Å². The van der Waals surface area contributed by atoms with Crippen LogP contribution < -0.4 is 5.32 Å². The Morgan fingerprint density at radius 1 is 1.33 bits per heavy atom. The second-order valence-corrected chi connectivity index (χ2v) is 3.58. The number of hydrogen-bond acceptors (Lipinski definition) is 2. The minimum absolute atomic E-state index is 0.0213. The third-order valence-electron chi connectivity index (χ3n) is 2.52. The van der Waals surface area contributed by atoms with Gasteiger partial charge in [0.15, 0.2) is 0 Å². The van der Waals surface area contributed by atoms with Gasteiger partial charge >= 0.3 is 6.03 Å². The van der Waals surface area contributed by atoms with Crippen molar-refractivity contribution in [3.8, 4) is 0 Å². The Kier molecular flexibility index (Phi) is 2.87. The van der Waals surface area contributed by atoms with E-state index in [1.807, 2.05) is 24.3 Å². The largest absolute Gasteiger partial charge is 0.395 e. The fourth-order valence-electron chi connectivity index (χ4n) is 1.75. The van der Waals surface area contributed by atoms with Crippen LogP contribution in [-0.2, 0) is 13.1 Å². The van der Waals surface area contributed by atoms with Crippen molar-refractivity contribution in [2.75, 3.05) is 13.2 Å². The molecule has 1 aliphatic heterocycles. The fraction of sp³-hybridized carbons (Fsp3) is 0.364. The highest BCUT2D eigenvalue weighted by Gasteiger charge is 2.21. The first-order valence-corrected chi connectivity index (χ1v) is 5.01. The molecule has 1 aromatic rings. The van der Waals surface area contributed by atoms with Crippen molar-refractivity contribution in [3.05, 3.63) is 35.4 Å². The Bertz CT molecular complexity index is 340. The summed E-state index contributed by atoms with van der Waals surface area (Å²) in [5, 5.41) is 11.2. The lowest BCUT2D eigenvalue weighted by molar-refractivity contribution is 0.194. The van der Waals surface area contributed by atoms with Gasteiger partial charge in [-0.2, -0.15) is 0 Å². The molecule has 0 spiro atoms. The van der Waals surface area contributed by atoms with Gasteiger partial charge in [-0.1, -0.05) is 24.3 Å². The molecular formula is C11H14N2O2. The number of carbonyl (C=O) groups excluding carboxylic acids is 1. The molecule has 0 saturated heterocycles. The number of benzene rings is 1. The molecule has 0 fully saturated rings. The van der Waals surface area contributed by atoms with E-state index in [9.17, 15) is 4.79 Å². The highest BCUT2D eigenvalue weighted by Crippen LogP contribution is 2.21. The maximum absolute atomic E-state index is 11.6. The summed E-state index contributed by atoms with van der Waals surface area (Å²) in [4.78, 5) is 13.3. The number of aliphatic hydroxyl groups is 1. The SMILES string of the molecule is O=C(NCCO)N1Cc2ccccc2C1. The lowest BCUT2D eigenvalue weighted by Gasteiger charge is -2.15. The van der Waals surface area contributed by atoms with Gasteiger partial charge in [-0.3, -0.25) is 0 Å². The van der Waals surface area contributed by atoms with Gasteiger partial charge in [0.25, 0.3) is 0 Å². The minimum atomic E-state index is -0.111. The predicted octanol–water partition coefficient (Wildman–Crippen LogP) is 0.704. The van der Waals surface area contributed by atoms with Crippen molar-refractivity contribution >= 4 is 6.03 Å². The van der Waals surface area contributed by atoms with Gasteiger partial charge < -0.3 is 15.3 Å². The fourth-order valence-corrected chi connectivity index (χ4v) is 1.75. The number of urea groups is 1. The van der Waals surface area contributed by atoms with Crippen LogP contribution in [-0.4, -0.2) is 29.2 Å². The van der Waals surface area contributed by atoms with E-state index in [1.165, 1.54) is 11.1 Å². The van der Waals surface area contributed by atoms with Crippen LogP contribution in [0.5, 0.6) is 0 Å². The molecule has 0 bridgehead atoms. The van der Waals surface area contributed by atoms with Crippen molar-refractivity contribution < 1.29 is 9.90 Å². The zero-order chi connectivity index (χ0) is 10.7. The number of rotatable bonds is 2. The highest BCUT2D eigenvalue weighted by molar-refractivity contribution is 5.75. The number of fused-ring (bicyclic) bond motifs is 1. The van der Waals surface area contributed by atoms with E-state index in [0.29, 0.717) is 19.6 Å². The third kappa shape index (κ3) is 2.10. The second kappa shape index (κ2) is 4.31. The molecule has 15 heavy (non-hydrogen) atoms. The van der Waals surface area contributed by atoms with E-state index in [0.717, 1.165) is 0 Å². The van der Waals surface area contributed by atoms with E-state index in [4.69, 9.17) is 5.11 Å². The first-order chi connectivity index (χ1) is 7.31. The number of nitrogens with one attached hydrogen (secondary N) is 1. The molecule has 0 aromatic heterocycles. The van der Waals surface area contributed by atoms with Crippen molar-refractivity contribution in [1.29, 1.82) is 0 Å². The summed E-state index contributed by atoms with van der Waals surface area (Å²) in [5.41, 5.74) is 2.41. The van der Waals surface area contributed by atoms with Crippen LogP contribution in [0.3, 0.4) is 0 Å². The molecule has 4 heteroatoms. The lowest BCUT2D eigenvalue weighted by atomic mass is 10.1. The van der Waals surface area contributed by atoms with Crippen LogP contribution in [0.1, 0.15) is 11.1 Å². The van der Waals surface area contributed by atoms with Crippen LogP contribution in [0.15, 0.2) is 24.3 Å². The normalized spacial score (nSPS) is 13.8. The first-order valence-electron chi connectivity index (χ1n) is 5.01. The Hall–Kier alpha value is -1.55. The van der Waals surface area contributed by atoms with E-state index in [1.54, 1.807) is 4.90 Å². The summed E-state index contributed by atoms with van der Waals surface area (Å²) in [6, 6.07) is 7.92. The van der Waals surface area contributed by atoms with Gasteiger partial charge in [0.1, 0.15) is 0 Å². The van der Waals surface area contributed by atoms with Gasteiger partial charge in [-0.25, -0.2) is 4.79 Å². The second-order valence-electron chi connectivity index (χ2n) is 3.58. The van der Waals surface area contributed by atoms with E-state index < -0.39 is 0 Å². The maximum atomic E-state index is 11.6. The van der Waals surface area contributed by atoms with Gasteiger partial charge in [0, 0.05) is 19.6 Å². The van der Waals surface area contributed by atoms with Crippen LogP contribution in [0, 0.1) is 0 Å². The molecule has 1 aliphatic rings. The molecule has 1 heterocycles. The molecule has 0 unspecified atom stereocenters. The van der Waals surface area contributed by atoms with Crippen LogP contribution >= 0.6 is 0 Å². The lowest BCUT2D eigenvalue weighted by Crippen LogP contribution is -2.37. The van der Waals surface area contributed by atoms with Gasteiger partial charge in [-0.15, -0.1) is 0 Å². The van der Waals surface area contributed by atoms with Gasteiger partial charge in [0.05, 0.1) is 6.61 Å². The summed E-state index contributed by atoms with van der Waals surface area (Å²) < 4.78 is 0. The van der Waals surface area contributed by atoms with Crippen molar-refractivity contribution in [3.63, 3.8) is 0 Å². The van der Waals surface area contributed by atoms with Crippen molar-refractivity contribution in [2.24, 2.45) is 0 Å². The van der Waals surface area contributed by atoms with Crippen molar-refractivity contribution in [1.82, 2.24) is 10.2 Å². The Labute approximate surface area is 88.5 Å². The molecular weight excluding hydrogens is 192 g/mol. The van der Waals surface area contributed by atoms with Crippen LogP contribution in [0.25, 0.3) is 0 Å². The minimum Gasteiger partial charge on any atom is -0.395 e. The molecule has 0 saturated carbocycles. The number of nitrogens with zero attached hydrogens (tertiary/aromatic N) is 1. The molecule has 80 valence electrons. The van der Waals surface area contributed by atoms with E-state index in [2.05, 4.69) is 5.32 Å². The molecule has 0 radical (unpaired) electrons. The molecule has 2 N–H and O–H groups in total. The topological polar surface area (TPSA) is 52.6 Å². The zero-order valence-corrected chi connectivity index (χ0v) is 8.44. The summed E-state index contributed by atoms with van der Waals surface area (Å²) >= 11 is 0. The molecule has 4 nitrogen and oxygen atoms in total. The predicted molar refractivity (Wildman–Crippen MR) is 56.2 cm³/mol. The van der Waals surface area contributed by atoms with E-state index >= 15 is 0 Å². The summed E-state index contributed by atoms with van der Waals surface area (Å²) in [6.07, 6.45) is 0. The Morgan fingerprint density at radius 2 is 1.93 bits per heavy atom. The summed E-state index contributed by atoms with van der Waals surface area (Å²) in [6.45, 7) is 1.61. The van der Waals surface area contributed by atoms with Crippen LogP contribution in [0.2, 0.25) is 0 Å². The van der Waals surface area contributed by atoms with Crippen molar-refractivity contribution in [2.45, 2.75) is 13.1 Å². The van der Waals surface area contributed by atoms with Gasteiger partial charge in [-0.05, 0) is 11.1 Å². The first kappa shape index (κ1) is 9.98. The zero-order valence-electron chi connectivity index (χ0n) is 8.44. The molecule has 1 aromatic carbocycles. The monoisotopic (exact) mass is 206 g/mol. The number of aliphatic hydroxyl groups excluding tert-OH is 1. The number of hydrogen-bond donors (Lipinski definition) is 2.